The van der Waals surface area contributed by atoms with E-state index in [1.165, 1.54) is 6.07 Å². The fourth-order valence-electron chi connectivity index (χ4n) is 1.92. The molecule has 1 aromatic carbocycles. The van der Waals surface area contributed by atoms with E-state index in [-0.39, 0.29) is 11.1 Å². The molecule has 0 bridgehead atoms. The summed E-state index contributed by atoms with van der Waals surface area (Å²) >= 11 is 6.02. The molecule has 1 aromatic heterocycles. The van der Waals surface area contributed by atoms with Crippen molar-refractivity contribution in [2.75, 3.05) is 6.54 Å². The second kappa shape index (κ2) is 5.55. The zero-order chi connectivity index (χ0) is 13.1. The van der Waals surface area contributed by atoms with E-state index in [1.54, 1.807) is 12.1 Å². The molecule has 0 spiro atoms. The number of aryl methyl sites for hydroxylation is 1. The van der Waals surface area contributed by atoms with E-state index in [4.69, 9.17) is 16.0 Å². The van der Waals surface area contributed by atoms with E-state index in [0.29, 0.717) is 5.56 Å². The highest BCUT2D eigenvalue weighted by molar-refractivity contribution is 6.31. The molecule has 2 nitrogen and oxygen atoms in total. The van der Waals surface area contributed by atoms with Crippen LogP contribution in [0.25, 0.3) is 0 Å². The molecule has 18 heavy (non-hydrogen) atoms. The van der Waals surface area contributed by atoms with Crippen LogP contribution in [0.2, 0.25) is 5.02 Å². The number of furan rings is 1. The Balaban J connectivity index is 2.44. The van der Waals surface area contributed by atoms with Gasteiger partial charge in [0.25, 0.3) is 0 Å². The first kappa shape index (κ1) is 13.1. The van der Waals surface area contributed by atoms with E-state index < -0.39 is 5.82 Å². The second-order valence-corrected chi connectivity index (χ2v) is 4.46. The van der Waals surface area contributed by atoms with Crippen molar-refractivity contribution in [1.29, 1.82) is 0 Å². The summed E-state index contributed by atoms with van der Waals surface area (Å²) in [7, 11) is 0. The standard InChI is InChI=1S/C14H15ClFNO/c1-3-17-14(12-8-7-9(2)18-12)10-5-4-6-11(16)13(10)15/h4-8,14,17H,3H2,1-2H3. The van der Waals surface area contributed by atoms with Gasteiger partial charge >= 0.3 is 0 Å². The minimum atomic E-state index is -0.416. The average Bonchev–Trinajstić information content (AvgIpc) is 2.77. The molecule has 1 atom stereocenters. The topological polar surface area (TPSA) is 25.2 Å². The van der Waals surface area contributed by atoms with Crippen LogP contribution in [-0.4, -0.2) is 6.54 Å². The lowest BCUT2D eigenvalue weighted by Crippen LogP contribution is -2.22. The zero-order valence-electron chi connectivity index (χ0n) is 10.3. The van der Waals surface area contributed by atoms with E-state index in [1.807, 2.05) is 26.0 Å². The molecule has 4 heteroatoms. The SMILES string of the molecule is CCNC(c1ccc(C)o1)c1cccc(F)c1Cl. The van der Waals surface area contributed by atoms with Crippen molar-refractivity contribution in [2.45, 2.75) is 19.9 Å². The molecule has 96 valence electrons. The molecule has 0 saturated heterocycles. The Morgan fingerprint density at radius 1 is 1.33 bits per heavy atom. The Labute approximate surface area is 111 Å². The van der Waals surface area contributed by atoms with Gasteiger partial charge in [-0.3, -0.25) is 0 Å². The maximum atomic E-state index is 13.5. The van der Waals surface area contributed by atoms with Crippen LogP contribution in [0.5, 0.6) is 0 Å². The van der Waals surface area contributed by atoms with Crippen molar-refractivity contribution < 1.29 is 8.81 Å². The summed E-state index contributed by atoms with van der Waals surface area (Å²) in [6.45, 7) is 4.59. The normalized spacial score (nSPS) is 12.7. The first-order valence-electron chi connectivity index (χ1n) is 5.87. The van der Waals surface area contributed by atoms with E-state index in [2.05, 4.69) is 5.32 Å². The van der Waals surface area contributed by atoms with Crippen LogP contribution in [-0.2, 0) is 0 Å². The van der Waals surface area contributed by atoms with Gasteiger partial charge in [0.2, 0.25) is 0 Å². The molecule has 0 aliphatic rings. The van der Waals surface area contributed by atoms with E-state index in [0.717, 1.165) is 18.1 Å². The molecule has 1 unspecified atom stereocenters. The van der Waals surface area contributed by atoms with Crippen LogP contribution in [0, 0.1) is 12.7 Å². The van der Waals surface area contributed by atoms with E-state index >= 15 is 0 Å². The molecule has 1 N–H and O–H groups in total. The van der Waals surface area contributed by atoms with Gasteiger partial charge in [0.1, 0.15) is 17.3 Å². The third-order valence-corrected chi connectivity index (χ3v) is 3.15. The van der Waals surface area contributed by atoms with Gasteiger partial charge in [-0.2, -0.15) is 0 Å². The highest BCUT2D eigenvalue weighted by atomic mass is 35.5. The van der Waals surface area contributed by atoms with Crippen molar-refractivity contribution in [1.82, 2.24) is 5.32 Å². The highest BCUT2D eigenvalue weighted by Gasteiger charge is 2.20. The molecule has 0 aliphatic heterocycles. The van der Waals surface area contributed by atoms with Gasteiger partial charge in [0.05, 0.1) is 11.1 Å². The molecule has 0 radical (unpaired) electrons. The number of halogens is 2. The molecule has 1 heterocycles. The largest absolute Gasteiger partial charge is 0.464 e. The van der Waals surface area contributed by atoms with Crippen LogP contribution in [0.1, 0.15) is 30.0 Å². The summed E-state index contributed by atoms with van der Waals surface area (Å²) in [5.41, 5.74) is 0.688. The summed E-state index contributed by atoms with van der Waals surface area (Å²) in [4.78, 5) is 0. The molecule has 0 amide bonds. The summed E-state index contributed by atoms with van der Waals surface area (Å²) < 4.78 is 19.1. The Kier molecular flexibility index (Phi) is 4.04. The smallest absolute Gasteiger partial charge is 0.142 e. The molecule has 2 rings (SSSR count). The maximum absolute atomic E-state index is 13.5. The van der Waals surface area contributed by atoms with Crippen LogP contribution in [0.15, 0.2) is 34.7 Å². The lowest BCUT2D eigenvalue weighted by Gasteiger charge is -2.17. The third kappa shape index (κ3) is 2.57. The predicted molar refractivity (Wildman–Crippen MR) is 70.4 cm³/mol. The number of nitrogens with one attached hydrogen (secondary N) is 1. The molecule has 0 saturated carbocycles. The number of hydrogen-bond acceptors (Lipinski definition) is 2. The highest BCUT2D eigenvalue weighted by Crippen LogP contribution is 2.30. The Morgan fingerprint density at radius 2 is 2.11 bits per heavy atom. The first-order valence-corrected chi connectivity index (χ1v) is 6.25. The van der Waals surface area contributed by atoms with Crippen LogP contribution < -0.4 is 5.32 Å². The molecule has 0 fully saturated rings. The fourth-order valence-corrected chi connectivity index (χ4v) is 2.16. The van der Waals surface area contributed by atoms with Crippen molar-refractivity contribution in [3.05, 3.63) is 58.3 Å². The molecule has 2 aromatic rings. The van der Waals surface area contributed by atoms with Crippen molar-refractivity contribution in [3.8, 4) is 0 Å². The monoisotopic (exact) mass is 267 g/mol. The molecular weight excluding hydrogens is 253 g/mol. The second-order valence-electron chi connectivity index (χ2n) is 4.08. The quantitative estimate of drug-likeness (QED) is 0.903. The van der Waals surface area contributed by atoms with Gasteiger partial charge in [0, 0.05) is 0 Å². The van der Waals surface area contributed by atoms with Crippen molar-refractivity contribution >= 4 is 11.6 Å². The van der Waals surface area contributed by atoms with Crippen LogP contribution >= 0.6 is 11.6 Å². The van der Waals surface area contributed by atoms with Crippen LogP contribution in [0.4, 0.5) is 4.39 Å². The molecule has 0 aliphatic carbocycles. The Morgan fingerprint density at radius 3 is 2.72 bits per heavy atom. The van der Waals surface area contributed by atoms with Gasteiger partial charge in [-0.25, -0.2) is 4.39 Å². The van der Waals surface area contributed by atoms with Gasteiger partial charge in [0.15, 0.2) is 0 Å². The fraction of sp³-hybridized carbons (Fsp3) is 0.286. The van der Waals surface area contributed by atoms with E-state index in [9.17, 15) is 4.39 Å². The lowest BCUT2D eigenvalue weighted by atomic mass is 10.0. The minimum absolute atomic E-state index is 0.137. The first-order chi connectivity index (χ1) is 8.63. The average molecular weight is 268 g/mol. The molecular formula is C14H15ClFNO. The van der Waals surface area contributed by atoms with Gasteiger partial charge in [-0.05, 0) is 37.2 Å². The van der Waals surface area contributed by atoms with Gasteiger partial charge < -0.3 is 9.73 Å². The number of hydrogen-bond donors (Lipinski definition) is 1. The van der Waals surface area contributed by atoms with Crippen molar-refractivity contribution in [3.63, 3.8) is 0 Å². The predicted octanol–water partition coefficient (Wildman–Crippen LogP) is 4.08. The Bertz CT molecular complexity index is 538. The third-order valence-electron chi connectivity index (χ3n) is 2.75. The summed E-state index contributed by atoms with van der Waals surface area (Å²) in [6.07, 6.45) is 0. The summed E-state index contributed by atoms with van der Waals surface area (Å²) in [5.74, 6) is 1.14. The number of rotatable bonds is 4. The van der Waals surface area contributed by atoms with Gasteiger partial charge in [-0.1, -0.05) is 30.7 Å². The maximum Gasteiger partial charge on any atom is 0.142 e. The Hall–Kier alpha value is -1.32. The lowest BCUT2D eigenvalue weighted by molar-refractivity contribution is 0.434. The number of benzene rings is 1. The minimum Gasteiger partial charge on any atom is -0.464 e. The summed E-state index contributed by atoms with van der Waals surface area (Å²) in [6, 6.07) is 8.33. The van der Waals surface area contributed by atoms with Crippen molar-refractivity contribution in [2.24, 2.45) is 0 Å². The zero-order valence-corrected chi connectivity index (χ0v) is 11.1. The van der Waals surface area contributed by atoms with Gasteiger partial charge in [-0.15, -0.1) is 0 Å². The van der Waals surface area contributed by atoms with Crippen LogP contribution in [0.3, 0.4) is 0 Å². The summed E-state index contributed by atoms with van der Waals surface area (Å²) in [5, 5.41) is 3.39.